The van der Waals surface area contributed by atoms with Gasteiger partial charge in [0.25, 0.3) is 0 Å². The highest BCUT2D eigenvalue weighted by molar-refractivity contribution is 5.90. The maximum atomic E-state index is 11.2. The molecule has 2 N–H and O–H groups in total. The molecule has 1 unspecified atom stereocenters. The fourth-order valence-electron chi connectivity index (χ4n) is 2.35. The Hall–Kier alpha value is -2.33. The fraction of sp³-hybridized carbons (Fsp3) is 0.278. The molecule has 0 saturated carbocycles. The summed E-state index contributed by atoms with van der Waals surface area (Å²) in [6, 6.07) is 13.1. The molecule has 1 atom stereocenters. The number of benzene rings is 2. The lowest BCUT2D eigenvalue weighted by Gasteiger charge is -2.16. The number of aliphatic hydroxyl groups is 1. The summed E-state index contributed by atoms with van der Waals surface area (Å²) >= 11 is 0. The molecule has 0 aliphatic heterocycles. The topological polar surface area (TPSA) is 58.6 Å². The van der Waals surface area contributed by atoms with Crippen molar-refractivity contribution in [2.45, 2.75) is 26.9 Å². The molecule has 0 aliphatic carbocycles. The summed E-state index contributed by atoms with van der Waals surface area (Å²) in [6.07, 6.45) is -0.719. The van der Waals surface area contributed by atoms with Crippen molar-refractivity contribution in [2.75, 3.05) is 11.9 Å². The predicted octanol–water partition coefficient (Wildman–Crippen LogP) is 3.37. The van der Waals surface area contributed by atoms with Gasteiger partial charge in [-0.05, 0) is 31.5 Å². The van der Waals surface area contributed by atoms with Crippen LogP contribution >= 0.6 is 0 Å². The van der Waals surface area contributed by atoms with Gasteiger partial charge in [0.1, 0.15) is 18.5 Å². The molecule has 2 aromatic carbocycles. The summed E-state index contributed by atoms with van der Waals surface area (Å²) in [7, 11) is 0. The van der Waals surface area contributed by atoms with Gasteiger partial charge in [0.15, 0.2) is 0 Å². The number of carbonyl (C=O) groups is 1. The summed E-state index contributed by atoms with van der Waals surface area (Å²) in [5, 5.41) is 13.0. The van der Waals surface area contributed by atoms with Gasteiger partial charge >= 0.3 is 0 Å². The third-order valence-corrected chi connectivity index (χ3v) is 3.22. The second kappa shape index (κ2) is 7.09. The third kappa shape index (κ3) is 4.33. The van der Waals surface area contributed by atoms with Crippen molar-refractivity contribution in [3.8, 4) is 5.75 Å². The van der Waals surface area contributed by atoms with Crippen molar-refractivity contribution in [1.29, 1.82) is 0 Å². The molecule has 0 heterocycles. The normalized spacial score (nSPS) is 11.8. The average Bonchev–Trinajstić information content (AvgIpc) is 2.44. The van der Waals surface area contributed by atoms with Crippen LogP contribution in [0.5, 0.6) is 5.75 Å². The van der Waals surface area contributed by atoms with E-state index >= 15 is 0 Å². The Morgan fingerprint density at radius 3 is 2.45 bits per heavy atom. The second-order valence-corrected chi connectivity index (χ2v) is 5.43. The SMILES string of the molecule is CC(=O)Nc1ccccc1OCC(O)c1cc(C)cc(C)c1. The number of aryl methyl sites for hydroxylation is 2. The lowest BCUT2D eigenvalue weighted by Crippen LogP contribution is -2.12. The van der Waals surface area contributed by atoms with Crippen molar-refractivity contribution < 1.29 is 14.6 Å². The largest absolute Gasteiger partial charge is 0.488 e. The maximum Gasteiger partial charge on any atom is 0.221 e. The molecule has 2 rings (SSSR count). The average molecular weight is 299 g/mol. The van der Waals surface area contributed by atoms with E-state index in [-0.39, 0.29) is 12.5 Å². The number of hydrogen-bond donors (Lipinski definition) is 2. The van der Waals surface area contributed by atoms with E-state index < -0.39 is 6.10 Å². The van der Waals surface area contributed by atoms with Gasteiger partial charge in [0.05, 0.1) is 5.69 Å². The van der Waals surface area contributed by atoms with Crippen LogP contribution in [0.3, 0.4) is 0 Å². The minimum atomic E-state index is -0.719. The summed E-state index contributed by atoms with van der Waals surface area (Å²) in [6.45, 7) is 5.56. The number of anilines is 1. The molecule has 4 heteroatoms. The smallest absolute Gasteiger partial charge is 0.221 e. The lowest BCUT2D eigenvalue weighted by atomic mass is 10.0. The minimum Gasteiger partial charge on any atom is -0.488 e. The number of hydrogen-bond acceptors (Lipinski definition) is 3. The first-order valence-corrected chi connectivity index (χ1v) is 7.21. The molecule has 0 bridgehead atoms. The number of nitrogens with one attached hydrogen (secondary N) is 1. The van der Waals surface area contributed by atoms with E-state index in [2.05, 4.69) is 11.4 Å². The highest BCUT2D eigenvalue weighted by Gasteiger charge is 2.11. The highest BCUT2D eigenvalue weighted by atomic mass is 16.5. The molecule has 0 radical (unpaired) electrons. The van der Waals surface area contributed by atoms with Gasteiger partial charge in [-0.25, -0.2) is 0 Å². The number of carbonyl (C=O) groups excluding carboxylic acids is 1. The quantitative estimate of drug-likeness (QED) is 0.890. The predicted molar refractivity (Wildman–Crippen MR) is 87.1 cm³/mol. The highest BCUT2D eigenvalue weighted by Crippen LogP contribution is 2.25. The molecule has 1 amide bonds. The third-order valence-electron chi connectivity index (χ3n) is 3.22. The number of para-hydroxylation sites is 2. The Balaban J connectivity index is 2.08. The first kappa shape index (κ1) is 16.0. The Bertz CT molecular complexity index is 647. The molecule has 0 fully saturated rings. The van der Waals surface area contributed by atoms with E-state index in [1.807, 2.05) is 38.1 Å². The number of rotatable bonds is 5. The Morgan fingerprint density at radius 1 is 1.18 bits per heavy atom. The van der Waals surface area contributed by atoms with E-state index in [0.29, 0.717) is 11.4 Å². The van der Waals surface area contributed by atoms with Crippen LogP contribution in [0.4, 0.5) is 5.69 Å². The van der Waals surface area contributed by atoms with Gasteiger partial charge in [0.2, 0.25) is 5.91 Å². The van der Waals surface area contributed by atoms with Crippen molar-refractivity contribution in [3.05, 3.63) is 59.2 Å². The Morgan fingerprint density at radius 2 is 1.82 bits per heavy atom. The molecular weight excluding hydrogens is 278 g/mol. The number of ether oxygens (including phenoxy) is 1. The lowest BCUT2D eigenvalue weighted by molar-refractivity contribution is -0.114. The summed E-state index contributed by atoms with van der Waals surface area (Å²) in [5.41, 5.74) is 3.64. The van der Waals surface area contributed by atoms with Crippen LogP contribution in [0.1, 0.15) is 29.7 Å². The van der Waals surface area contributed by atoms with E-state index in [1.165, 1.54) is 6.92 Å². The van der Waals surface area contributed by atoms with Crippen molar-refractivity contribution in [3.63, 3.8) is 0 Å². The van der Waals surface area contributed by atoms with E-state index in [4.69, 9.17) is 4.74 Å². The monoisotopic (exact) mass is 299 g/mol. The fourth-order valence-corrected chi connectivity index (χ4v) is 2.35. The number of amides is 1. The van der Waals surface area contributed by atoms with Gasteiger partial charge in [0, 0.05) is 6.92 Å². The molecule has 2 aromatic rings. The van der Waals surface area contributed by atoms with Crippen LogP contribution in [0.15, 0.2) is 42.5 Å². The maximum absolute atomic E-state index is 11.2. The Kier molecular flexibility index (Phi) is 5.17. The summed E-state index contributed by atoms with van der Waals surface area (Å²) < 4.78 is 5.67. The first-order chi connectivity index (χ1) is 10.5. The zero-order valence-electron chi connectivity index (χ0n) is 13.1. The van der Waals surface area contributed by atoms with Crippen LogP contribution in [0, 0.1) is 13.8 Å². The summed E-state index contributed by atoms with van der Waals surface area (Å²) in [5.74, 6) is 0.382. The van der Waals surface area contributed by atoms with Crippen LogP contribution in [-0.2, 0) is 4.79 Å². The van der Waals surface area contributed by atoms with Crippen molar-refractivity contribution in [2.24, 2.45) is 0 Å². The molecule has 0 spiro atoms. The zero-order valence-corrected chi connectivity index (χ0v) is 13.1. The standard InChI is InChI=1S/C18H21NO3/c1-12-8-13(2)10-15(9-12)17(21)11-22-18-7-5-4-6-16(18)19-14(3)20/h4-10,17,21H,11H2,1-3H3,(H,19,20). The minimum absolute atomic E-state index is 0.124. The Labute approximate surface area is 130 Å². The van der Waals surface area contributed by atoms with Gasteiger partial charge in [-0.2, -0.15) is 0 Å². The van der Waals surface area contributed by atoms with Gasteiger partial charge in [-0.3, -0.25) is 4.79 Å². The molecule has 0 aromatic heterocycles. The first-order valence-electron chi connectivity index (χ1n) is 7.21. The van der Waals surface area contributed by atoms with Crippen LogP contribution < -0.4 is 10.1 Å². The van der Waals surface area contributed by atoms with Gasteiger partial charge in [-0.1, -0.05) is 41.5 Å². The van der Waals surface area contributed by atoms with Crippen LogP contribution in [-0.4, -0.2) is 17.6 Å². The molecule has 0 aliphatic rings. The molecule has 0 saturated heterocycles. The zero-order chi connectivity index (χ0) is 16.1. The summed E-state index contributed by atoms with van der Waals surface area (Å²) in [4.78, 5) is 11.2. The second-order valence-electron chi connectivity index (χ2n) is 5.43. The van der Waals surface area contributed by atoms with Gasteiger partial charge in [-0.15, -0.1) is 0 Å². The molecular formula is C18H21NO3. The molecule has 4 nitrogen and oxygen atoms in total. The molecule has 22 heavy (non-hydrogen) atoms. The van der Waals surface area contributed by atoms with Crippen LogP contribution in [0.25, 0.3) is 0 Å². The van der Waals surface area contributed by atoms with Crippen LogP contribution in [0.2, 0.25) is 0 Å². The van der Waals surface area contributed by atoms with Crippen molar-refractivity contribution >= 4 is 11.6 Å². The number of aliphatic hydroxyl groups excluding tert-OH is 1. The van der Waals surface area contributed by atoms with E-state index in [9.17, 15) is 9.90 Å². The van der Waals surface area contributed by atoms with Gasteiger partial charge < -0.3 is 15.2 Å². The molecule has 116 valence electrons. The van der Waals surface area contributed by atoms with Crippen molar-refractivity contribution in [1.82, 2.24) is 0 Å². The van der Waals surface area contributed by atoms with E-state index in [1.54, 1.807) is 12.1 Å². The van der Waals surface area contributed by atoms with E-state index in [0.717, 1.165) is 16.7 Å².